The Morgan fingerprint density at radius 3 is 2.58 bits per heavy atom. The van der Waals surface area contributed by atoms with Gasteiger partial charge in [0.15, 0.2) is 17.3 Å². The second-order valence-corrected chi connectivity index (χ2v) is 8.49. The fraction of sp³-hybridized carbons (Fsp3) is 0.320. The number of nitrogens with zero attached hydrogens (tertiary/aromatic N) is 7. The van der Waals surface area contributed by atoms with Crippen molar-refractivity contribution in [3.8, 4) is 17.3 Å². The van der Waals surface area contributed by atoms with Crippen LogP contribution in [0.25, 0.3) is 22.8 Å². The number of hydrogen-bond acceptors (Lipinski definition) is 10. The molecule has 1 fully saturated rings. The molecule has 11 heteroatoms. The van der Waals surface area contributed by atoms with E-state index in [0.717, 1.165) is 17.9 Å². The van der Waals surface area contributed by atoms with Crippen LogP contribution in [0.2, 0.25) is 0 Å². The van der Waals surface area contributed by atoms with E-state index in [2.05, 4.69) is 41.3 Å². The molecule has 0 spiro atoms. The molecule has 3 aromatic heterocycles. The SMILES string of the molecule is COc1cc2ncnc(-n3nc(Nc4ccc(/C=C/CN5CCCCC5)nc4)nc3N)c2cc1OC. The van der Waals surface area contributed by atoms with Crippen molar-refractivity contribution in [1.82, 2.24) is 34.6 Å². The summed E-state index contributed by atoms with van der Waals surface area (Å²) >= 11 is 0. The first-order chi connectivity index (χ1) is 17.6. The third-order valence-electron chi connectivity index (χ3n) is 6.10. The number of nitrogens with two attached hydrogens (primary N) is 1. The van der Waals surface area contributed by atoms with Crippen LogP contribution in [0.3, 0.4) is 0 Å². The van der Waals surface area contributed by atoms with E-state index < -0.39 is 0 Å². The number of ether oxygens (including phenoxy) is 2. The number of fused-ring (bicyclic) bond motifs is 1. The lowest BCUT2D eigenvalue weighted by molar-refractivity contribution is 0.252. The van der Waals surface area contributed by atoms with Crippen LogP contribution < -0.4 is 20.5 Å². The number of likely N-dealkylation sites (tertiary alicyclic amines) is 1. The van der Waals surface area contributed by atoms with Gasteiger partial charge in [-0.05, 0) is 50.2 Å². The number of benzene rings is 1. The van der Waals surface area contributed by atoms with Gasteiger partial charge in [0, 0.05) is 18.0 Å². The summed E-state index contributed by atoms with van der Waals surface area (Å²) < 4.78 is 12.3. The highest BCUT2D eigenvalue weighted by Gasteiger charge is 2.16. The summed E-state index contributed by atoms with van der Waals surface area (Å²) in [6.45, 7) is 3.31. The first kappa shape index (κ1) is 23.5. The second kappa shape index (κ2) is 10.6. The lowest BCUT2D eigenvalue weighted by Crippen LogP contribution is -2.29. The zero-order chi connectivity index (χ0) is 24.9. The van der Waals surface area contributed by atoms with Crippen LogP contribution in [0.4, 0.5) is 17.6 Å². The van der Waals surface area contributed by atoms with Crippen molar-refractivity contribution < 1.29 is 9.47 Å². The van der Waals surface area contributed by atoms with E-state index in [1.807, 2.05) is 18.2 Å². The summed E-state index contributed by atoms with van der Waals surface area (Å²) in [4.78, 5) is 20.0. The second-order valence-electron chi connectivity index (χ2n) is 8.49. The van der Waals surface area contributed by atoms with Crippen molar-refractivity contribution in [2.24, 2.45) is 0 Å². The minimum Gasteiger partial charge on any atom is -0.493 e. The van der Waals surface area contributed by atoms with Gasteiger partial charge in [0.2, 0.25) is 11.9 Å². The van der Waals surface area contributed by atoms with Crippen molar-refractivity contribution in [3.63, 3.8) is 0 Å². The van der Waals surface area contributed by atoms with E-state index in [-0.39, 0.29) is 5.95 Å². The van der Waals surface area contributed by atoms with Crippen LogP contribution in [0, 0.1) is 0 Å². The van der Waals surface area contributed by atoms with E-state index in [4.69, 9.17) is 15.2 Å². The van der Waals surface area contributed by atoms with E-state index in [0.29, 0.717) is 34.2 Å². The molecule has 0 bridgehead atoms. The number of rotatable bonds is 8. The highest BCUT2D eigenvalue weighted by atomic mass is 16.5. The molecule has 0 unspecified atom stereocenters. The summed E-state index contributed by atoms with van der Waals surface area (Å²) in [7, 11) is 3.15. The summed E-state index contributed by atoms with van der Waals surface area (Å²) in [5.74, 6) is 2.11. The standard InChI is InChI=1S/C25H29N9O2/c1-35-21-13-19-20(14-22(21)36-2)28-16-29-23(19)34-24(26)31-25(32-34)30-18-9-8-17(27-15-18)7-6-12-33-10-4-3-5-11-33/h6-9,13-16H,3-5,10-12H2,1-2H3,(H3,26,30,31,32)/b7-6+. The molecule has 1 aliphatic rings. The van der Waals surface area contributed by atoms with Crippen LogP contribution in [-0.2, 0) is 0 Å². The summed E-state index contributed by atoms with van der Waals surface area (Å²) in [5.41, 5.74) is 8.50. The maximum atomic E-state index is 6.19. The predicted molar refractivity (Wildman–Crippen MR) is 139 cm³/mol. The normalized spacial score (nSPS) is 14.4. The fourth-order valence-electron chi connectivity index (χ4n) is 4.24. The van der Waals surface area contributed by atoms with Gasteiger partial charge in [0.25, 0.3) is 0 Å². The highest BCUT2D eigenvalue weighted by molar-refractivity contribution is 5.88. The predicted octanol–water partition coefficient (Wildman–Crippen LogP) is 3.45. The number of anilines is 3. The van der Waals surface area contributed by atoms with Gasteiger partial charge in [0.1, 0.15) is 6.33 Å². The molecule has 0 atom stereocenters. The molecule has 1 aromatic carbocycles. The molecule has 5 rings (SSSR count). The monoisotopic (exact) mass is 487 g/mol. The van der Waals surface area contributed by atoms with E-state index in [9.17, 15) is 0 Å². The molecular weight excluding hydrogens is 458 g/mol. The number of piperidine rings is 1. The summed E-state index contributed by atoms with van der Waals surface area (Å²) in [6, 6.07) is 7.45. The minimum absolute atomic E-state index is 0.178. The van der Waals surface area contributed by atoms with Crippen molar-refractivity contribution in [2.75, 3.05) is 44.9 Å². The molecule has 36 heavy (non-hydrogen) atoms. The van der Waals surface area contributed by atoms with Gasteiger partial charge in [-0.1, -0.05) is 12.5 Å². The number of pyridine rings is 1. The van der Waals surface area contributed by atoms with Gasteiger partial charge in [-0.3, -0.25) is 9.88 Å². The molecule has 186 valence electrons. The number of hydrogen-bond donors (Lipinski definition) is 2. The van der Waals surface area contributed by atoms with Gasteiger partial charge in [-0.2, -0.15) is 9.67 Å². The molecular formula is C25H29N9O2. The van der Waals surface area contributed by atoms with E-state index in [1.54, 1.807) is 32.5 Å². The Hall–Kier alpha value is -4.25. The number of nitrogen functional groups attached to an aromatic ring is 1. The maximum Gasteiger partial charge on any atom is 0.248 e. The number of aromatic nitrogens is 6. The van der Waals surface area contributed by atoms with Gasteiger partial charge in [-0.15, -0.1) is 5.10 Å². The molecule has 11 nitrogen and oxygen atoms in total. The van der Waals surface area contributed by atoms with Crippen LogP contribution in [0.5, 0.6) is 11.5 Å². The quantitative estimate of drug-likeness (QED) is 0.381. The Balaban J connectivity index is 1.32. The lowest BCUT2D eigenvalue weighted by atomic mass is 10.1. The third kappa shape index (κ3) is 5.05. The van der Waals surface area contributed by atoms with Crippen LogP contribution in [-0.4, -0.2) is 68.5 Å². The zero-order valence-corrected chi connectivity index (χ0v) is 20.4. The van der Waals surface area contributed by atoms with Gasteiger partial charge in [0.05, 0.1) is 37.3 Å². The van der Waals surface area contributed by atoms with Gasteiger partial charge < -0.3 is 20.5 Å². The smallest absolute Gasteiger partial charge is 0.248 e. The third-order valence-corrected chi connectivity index (χ3v) is 6.10. The molecule has 0 aliphatic carbocycles. The largest absolute Gasteiger partial charge is 0.493 e. The minimum atomic E-state index is 0.178. The molecule has 4 aromatic rings. The Kier molecular flexibility index (Phi) is 6.89. The van der Waals surface area contributed by atoms with Gasteiger partial charge in [-0.25, -0.2) is 9.97 Å². The number of nitrogens with one attached hydrogen (secondary N) is 1. The average Bonchev–Trinajstić information content (AvgIpc) is 3.28. The molecule has 0 radical (unpaired) electrons. The Morgan fingerprint density at radius 2 is 1.83 bits per heavy atom. The topological polar surface area (TPSA) is 129 Å². The van der Waals surface area contributed by atoms with E-state index >= 15 is 0 Å². The Bertz CT molecular complexity index is 1360. The van der Waals surface area contributed by atoms with Crippen LogP contribution in [0.1, 0.15) is 25.0 Å². The lowest BCUT2D eigenvalue weighted by Gasteiger charge is -2.24. The summed E-state index contributed by atoms with van der Waals surface area (Å²) in [5, 5.41) is 8.35. The van der Waals surface area contributed by atoms with Crippen LogP contribution in [0.15, 0.2) is 42.9 Å². The van der Waals surface area contributed by atoms with Crippen molar-refractivity contribution >= 4 is 34.6 Å². The molecule has 1 aliphatic heterocycles. The maximum absolute atomic E-state index is 6.19. The Labute approximate surface area is 209 Å². The van der Waals surface area contributed by atoms with Gasteiger partial charge >= 0.3 is 0 Å². The highest BCUT2D eigenvalue weighted by Crippen LogP contribution is 2.33. The Morgan fingerprint density at radius 1 is 1.03 bits per heavy atom. The van der Waals surface area contributed by atoms with E-state index in [1.165, 1.54) is 43.4 Å². The first-order valence-corrected chi connectivity index (χ1v) is 11.9. The zero-order valence-electron chi connectivity index (χ0n) is 20.4. The van der Waals surface area contributed by atoms with Crippen molar-refractivity contribution in [3.05, 3.63) is 48.6 Å². The molecule has 4 heterocycles. The summed E-state index contributed by atoms with van der Waals surface area (Å²) in [6.07, 6.45) is 11.3. The first-order valence-electron chi connectivity index (χ1n) is 11.9. The van der Waals surface area contributed by atoms with Crippen molar-refractivity contribution in [2.45, 2.75) is 19.3 Å². The number of methoxy groups -OCH3 is 2. The molecule has 1 saturated heterocycles. The molecule has 0 amide bonds. The molecule has 3 N–H and O–H groups in total. The average molecular weight is 488 g/mol. The fourth-order valence-corrected chi connectivity index (χ4v) is 4.24. The van der Waals surface area contributed by atoms with Crippen molar-refractivity contribution in [1.29, 1.82) is 0 Å². The molecule has 0 saturated carbocycles. The van der Waals surface area contributed by atoms with Crippen LogP contribution >= 0.6 is 0 Å².